The molecule has 3 aromatic rings. The second-order valence-corrected chi connectivity index (χ2v) is 8.27. The highest BCUT2D eigenvalue weighted by molar-refractivity contribution is 7.13. The molecule has 6 heteroatoms. The van der Waals surface area contributed by atoms with Gasteiger partial charge in [-0.2, -0.15) is 0 Å². The van der Waals surface area contributed by atoms with Crippen LogP contribution in [0.15, 0.2) is 52.4 Å². The van der Waals surface area contributed by atoms with Crippen molar-refractivity contribution in [1.82, 2.24) is 15.4 Å². The van der Waals surface area contributed by atoms with Gasteiger partial charge >= 0.3 is 0 Å². The van der Waals surface area contributed by atoms with E-state index in [9.17, 15) is 4.79 Å². The van der Waals surface area contributed by atoms with E-state index >= 15 is 0 Å². The second-order valence-electron chi connectivity index (χ2n) is 7.32. The number of carbonyl (C=O) groups is 1. The van der Waals surface area contributed by atoms with E-state index in [1.807, 2.05) is 17.5 Å². The largest absolute Gasteiger partial charge is 0.355 e. The van der Waals surface area contributed by atoms with Crippen LogP contribution in [0, 0.1) is 0 Å². The summed E-state index contributed by atoms with van der Waals surface area (Å²) >= 11 is 1.56. The number of nitrogens with one attached hydrogen (secondary N) is 1. The number of hydrogen-bond donors (Lipinski definition) is 1. The van der Waals surface area contributed by atoms with Crippen molar-refractivity contribution in [3.05, 3.63) is 64.7 Å². The molecular formula is C23H29N3O2S. The molecule has 0 radical (unpaired) electrons. The van der Waals surface area contributed by atoms with E-state index in [-0.39, 0.29) is 11.9 Å². The van der Waals surface area contributed by atoms with Crippen molar-refractivity contribution in [2.75, 3.05) is 19.6 Å². The summed E-state index contributed by atoms with van der Waals surface area (Å²) in [6, 6.07) is 14.4. The van der Waals surface area contributed by atoms with Gasteiger partial charge in [0.1, 0.15) is 0 Å². The van der Waals surface area contributed by atoms with E-state index in [4.69, 9.17) is 4.52 Å². The van der Waals surface area contributed by atoms with Crippen molar-refractivity contribution in [2.45, 2.75) is 39.7 Å². The smallest absolute Gasteiger partial charge is 0.273 e. The standard InChI is InChI=1S/C23H29N3O2S/c1-5-26(6-2)20(18-11-9-17(10-12-18)16(3)4)15-24-23(27)19-14-21(28-25-19)22-8-7-13-29-22/h7-14,16,20H,5-6,15H2,1-4H3,(H,24,27). The molecule has 154 valence electrons. The summed E-state index contributed by atoms with van der Waals surface area (Å²) in [6.07, 6.45) is 0. The van der Waals surface area contributed by atoms with E-state index < -0.39 is 0 Å². The molecule has 2 aromatic heterocycles. The number of thiophene rings is 1. The Morgan fingerprint density at radius 3 is 2.41 bits per heavy atom. The van der Waals surface area contributed by atoms with E-state index in [2.05, 4.69) is 67.3 Å². The summed E-state index contributed by atoms with van der Waals surface area (Å²) in [6.45, 7) is 11.0. The Labute approximate surface area is 176 Å². The van der Waals surface area contributed by atoms with Gasteiger partial charge in [-0.3, -0.25) is 9.69 Å². The molecule has 1 amide bonds. The van der Waals surface area contributed by atoms with Crippen LogP contribution >= 0.6 is 11.3 Å². The fourth-order valence-corrected chi connectivity index (χ4v) is 4.10. The molecule has 0 spiro atoms. The summed E-state index contributed by atoms with van der Waals surface area (Å²) in [5.41, 5.74) is 2.83. The molecule has 1 aromatic carbocycles. The lowest BCUT2D eigenvalue weighted by molar-refractivity contribution is 0.0926. The zero-order chi connectivity index (χ0) is 20.8. The van der Waals surface area contributed by atoms with Crippen molar-refractivity contribution in [3.63, 3.8) is 0 Å². The summed E-state index contributed by atoms with van der Waals surface area (Å²) in [5.74, 6) is 0.905. The Bertz CT molecular complexity index is 897. The monoisotopic (exact) mass is 411 g/mol. The number of benzene rings is 1. The molecule has 3 rings (SSSR count). The predicted molar refractivity (Wildman–Crippen MR) is 118 cm³/mol. The lowest BCUT2D eigenvalue weighted by atomic mass is 9.98. The first-order valence-electron chi connectivity index (χ1n) is 10.2. The van der Waals surface area contributed by atoms with Crippen LogP contribution in [0.4, 0.5) is 0 Å². The Morgan fingerprint density at radius 1 is 1.14 bits per heavy atom. The van der Waals surface area contributed by atoms with Crippen LogP contribution in [0.2, 0.25) is 0 Å². The number of rotatable bonds is 9. The maximum Gasteiger partial charge on any atom is 0.273 e. The zero-order valence-electron chi connectivity index (χ0n) is 17.5. The summed E-state index contributed by atoms with van der Waals surface area (Å²) < 4.78 is 5.34. The van der Waals surface area contributed by atoms with E-state index in [1.165, 1.54) is 11.1 Å². The molecule has 0 fully saturated rings. The molecule has 0 saturated heterocycles. The minimum atomic E-state index is -0.215. The predicted octanol–water partition coefficient (Wildman–Crippen LogP) is 5.34. The first-order valence-corrected chi connectivity index (χ1v) is 11.0. The lowest BCUT2D eigenvalue weighted by Crippen LogP contribution is -2.38. The maximum absolute atomic E-state index is 12.7. The summed E-state index contributed by atoms with van der Waals surface area (Å²) in [5, 5.41) is 8.96. The maximum atomic E-state index is 12.7. The molecule has 0 bridgehead atoms. The molecular weight excluding hydrogens is 382 g/mol. The van der Waals surface area contributed by atoms with Gasteiger partial charge in [0.15, 0.2) is 11.5 Å². The highest BCUT2D eigenvalue weighted by Crippen LogP contribution is 2.26. The van der Waals surface area contributed by atoms with Gasteiger partial charge in [-0.1, -0.05) is 63.2 Å². The highest BCUT2D eigenvalue weighted by atomic mass is 32.1. The van der Waals surface area contributed by atoms with Crippen molar-refractivity contribution >= 4 is 17.2 Å². The average molecular weight is 412 g/mol. The van der Waals surface area contributed by atoms with E-state index in [0.29, 0.717) is 23.9 Å². The third kappa shape index (κ3) is 5.14. The highest BCUT2D eigenvalue weighted by Gasteiger charge is 2.21. The minimum absolute atomic E-state index is 0.110. The van der Waals surface area contributed by atoms with Gasteiger partial charge < -0.3 is 9.84 Å². The van der Waals surface area contributed by atoms with Crippen LogP contribution in [0.5, 0.6) is 0 Å². The SMILES string of the molecule is CCN(CC)C(CNC(=O)c1cc(-c2cccs2)on1)c1ccc(C(C)C)cc1. The van der Waals surface area contributed by atoms with Gasteiger partial charge in [0.25, 0.3) is 5.91 Å². The van der Waals surface area contributed by atoms with Crippen LogP contribution in [0.1, 0.15) is 61.3 Å². The minimum Gasteiger partial charge on any atom is -0.355 e. The van der Waals surface area contributed by atoms with Gasteiger partial charge in [0.05, 0.1) is 10.9 Å². The van der Waals surface area contributed by atoms with Crippen LogP contribution < -0.4 is 5.32 Å². The second kappa shape index (κ2) is 9.85. The molecule has 0 aliphatic rings. The van der Waals surface area contributed by atoms with E-state index in [0.717, 1.165) is 18.0 Å². The summed E-state index contributed by atoms with van der Waals surface area (Å²) in [4.78, 5) is 16.0. The topological polar surface area (TPSA) is 58.4 Å². The first-order chi connectivity index (χ1) is 14.0. The Balaban J connectivity index is 1.72. The van der Waals surface area contributed by atoms with Crippen LogP contribution in [0.25, 0.3) is 10.6 Å². The molecule has 1 atom stereocenters. The number of hydrogen-bond acceptors (Lipinski definition) is 5. The molecule has 1 unspecified atom stereocenters. The Hall–Kier alpha value is -2.44. The fraction of sp³-hybridized carbons (Fsp3) is 0.391. The zero-order valence-corrected chi connectivity index (χ0v) is 18.3. The van der Waals surface area contributed by atoms with Crippen LogP contribution in [-0.4, -0.2) is 35.6 Å². The molecule has 1 N–H and O–H groups in total. The Morgan fingerprint density at radius 2 is 1.83 bits per heavy atom. The molecule has 29 heavy (non-hydrogen) atoms. The number of carbonyl (C=O) groups excluding carboxylic acids is 1. The number of nitrogens with zero attached hydrogens (tertiary/aromatic N) is 2. The van der Waals surface area contributed by atoms with Crippen molar-refractivity contribution < 1.29 is 9.32 Å². The van der Waals surface area contributed by atoms with Gasteiger partial charge in [0, 0.05) is 12.6 Å². The molecule has 0 aliphatic heterocycles. The molecule has 0 aliphatic carbocycles. The number of likely N-dealkylation sites (N-methyl/N-ethyl adjacent to an activating group) is 1. The van der Waals surface area contributed by atoms with Crippen molar-refractivity contribution in [1.29, 1.82) is 0 Å². The van der Waals surface area contributed by atoms with Crippen LogP contribution in [0.3, 0.4) is 0 Å². The lowest BCUT2D eigenvalue weighted by Gasteiger charge is -2.30. The average Bonchev–Trinajstić information content (AvgIpc) is 3.43. The molecule has 2 heterocycles. The van der Waals surface area contributed by atoms with Gasteiger partial charge in [-0.25, -0.2) is 0 Å². The van der Waals surface area contributed by atoms with Crippen molar-refractivity contribution in [2.24, 2.45) is 0 Å². The first kappa shape index (κ1) is 21.3. The van der Waals surface area contributed by atoms with Gasteiger partial charge in [-0.05, 0) is 41.6 Å². The molecule has 0 saturated carbocycles. The normalized spacial score (nSPS) is 12.5. The molecule has 5 nitrogen and oxygen atoms in total. The fourth-order valence-electron chi connectivity index (χ4n) is 3.42. The van der Waals surface area contributed by atoms with Gasteiger partial charge in [0.2, 0.25) is 0 Å². The number of amides is 1. The van der Waals surface area contributed by atoms with Crippen molar-refractivity contribution in [3.8, 4) is 10.6 Å². The van der Waals surface area contributed by atoms with E-state index in [1.54, 1.807) is 17.4 Å². The Kier molecular flexibility index (Phi) is 7.23. The van der Waals surface area contributed by atoms with Gasteiger partial charge in [-0.15, -0.1) is 11.3 Å². The van der Waals surface area contributed by atoms with Crippen LogP contribution in [-0.2, 0) is 0 Å². The number of aromatic nitrogens is 1. The third-order valence-electron chi connectivity index (χ3n) is 5.20. The quantitative estimate of drug-likeness (QED) is 0.516. The summed E-state index contributed by atoms with van der Waals surface area (Å²) in [7, 11) is 0. The third-order valence-corrected chi connectivity index (χ3v) is 6.09.